The lowest BCUT2D eigenvalue weighted by Crippen LogP contribution is -2.37. The van der Waals surface area contributed by atoms with Crippen LogP contribution >= 0.6 is 0 Å². The summed E-state index contributed by atoms with van der Waals surface area (Å²) in [5, 5.41) is 1.39. The van der Waals surface area contributed by atoms with Gasteiger partial charge in [0.2, 0.25) is 5.91 Å². The van der Waals surface area contributed by atoms with E-state index < -0.39 is 48.2 Å². The largest absolute Gasteiger partial charge is 0.435 e. The number of carbonyl (C=O) groups excluding carboxylic acids is 2. The topological polar surface area (TPSA) is 59.1 Å². The highest BCUT2D eigenvalue weighted by Crippen LogP contribution is 2.48. The van der Waals surface area contributed by atoms with Crippen molar-refractivity contribution in [3.05, 3.63) is 90.0 Å². The molecule has 186 valence electrons. The van der Waals surface area contributed by atoms with Crippen LogP contribution in [0.5, 0.6) is 5.75 Å². The van der Waals surface area contributed by atoms with Crippen LogP contribution < -0.4 is 14.7 Å². The van der Waals surface area contributed by atoms with Crippen molar-refractivity contribution < 1.29 is 41.1 Å². The molecule has 11 heteroatoms. The number of amides is 2. The number of hydrogen-bond donors (Lipinski definition) is 0. The second-order valence-corrected chi connectivity index (χ2v) is 8.17. The van der Waals surface area contributed by atoms with Crippen LogP contribution in [-0.2, 0) is 20.6 Å². The molecule has 36 heavy (non-hydrogen) atoms. The van der Waals surface area contributed by atoms with Gasteiger partial charge in [-0.3, -0.25) is 14.4 Å². The van der Waals surface area contributed by atoms with E-state index in [2.05, 4.69) is 4.74 Å². The number of alkyl halides is 5. The molecule has 6 nitrogen and oxygen atoms in total. The van der Waals surface area contributed by atoms with Gasteiger partial charge in [-0.1, -0.05) is 36.4 Å². The number of hydroxylamine groups is 1. The van der Waals surface area contributed by atoms with Gasteiger partial charge < -0.3 is 4.74 Å². The molecule has 2 aliphatic rings. The van der Waals surface area contributed by atoms with E-state index in [9.17, 15) is 31.5 Å². The summed E-state index contributed by atoms with van der Waals surface area (Å²) in [7, 11) is 0. The smallest absolute Gasteiger partial charge is 0.416 e. The molecule has 0 saturated carbocycles. The summed E-state index contributed by atoms with van der Waals surface area (Å²) < 4.78 is 69.2. The number of anilines is 2. The fourth-order valence-corrected chi connectivity index (χ4v) is 4.47. The van der Waals surface area contributed by atoms with Crippen molar-refractivity contribution in [1.82, 2.24) is 0 Å². The molecule has 0 radical (unpaired) electrons. The Balaban J connectivity index is 1.54. The van der Waals surface area contributed by atoms with Gasteiger partial charge in [-0.05, 0) is 48.0 Å². The summed E-state index contributed by atoms with van der Waals surface area (Å²) in [4.78, 5) is 33.4. The van der Waals surface area contributed by atoms with E-state index in [4.69, 9.17) is 4.84 Å². The first-order chi connectivity index (χ1) is 17.1. The molecule has 0 bridgehead atoms. The average Bonchev–Trinajstić information content (AvgIpc) is 3.35. The van der Waals surface area contributed by atoms with Crippen LogP contribution in [0.2, 0.25) is 0 Å². The third-order valence-electron chi connectivity index (χ3n) is 6.00. The summed E-state index contributed by atoms with van der Waals surface area (Å²) in [5.74, 6) is -2.74. The highest BCUT2D eigenvalue weighted by Gasteiger charge is 2.60. The number of halogens is 5. The summed E-state index contributed by atoms with van der Waals surface area (Å²) in [6.07, 6.45) is -5.96. The third-order valence-corrected chi connectivity index (χ3v) is 6.00. The van der Waals surface area contributed by atoms with Crippen molar-refractivity contribution in [3.63, 3.8) is 0 Å². The van der Waals surface area contributed by atoms with E-state index in [0.717, 1.165) is 18.2 Å². The maximum Gasteiger partial charge on any atom is 0.416 e. The fourth-order valence-electron chi connectivity index (χ4n) is 4.47. The van der Waals surface area contributed by atoms with E-state index in [1.54, 1.807) is 30.3 Å². The first-order valence-corrected chi connectivity index (χ1v) is 10.8. The van der Waals surface area contributed by atoms with Gasteiger partial charge >= 0.3 is 12.8 Å². The number of nitrogens with zero attached hydrogens (tertiary/aromatic N) is 2. The Hall–Kier alpha value is -3.99. The molecule has 0 N–H and O–H groups in total. The number of hydrogen-bond acceptors (Lipinski definition) is 5. The number of fused-ring (bicyclic) bond motifs is 1. The predicted octanol–water partition coefficient (Wildman–Crippen LogP) is 5.36. The summed E-state index contributed by atoms with van der Waals surface area (Å²) >= 11 is 0. The molecule has 0 spiro atoms. The van der Waals surface area contributed by atoms with Crippen molar-refractivity contribution in [2.75, 3.05) is 9.96 Å². The maximum atomic E-state index is 13.5. The highest BCUT2D eigenvalue weighted by atomic mass is 19.4. The average molecular weight is 504 g/mol. The first kappa shape index (κ1) is 23.7. The Bertz CT molecular complexity index is 1280. The zero-order valence-electron chi connectivity index (χ0n) is 18.2. The van der Waals surface area contributed by atoms with E-state index in [1.807, 2.05) is 0 Å². The van der Waals surface area contributed by atoms with E-state index >= 15 is 0 Å². The lowest BCUT2D eigenvalue weighted by molar-refractivity contribution is -0.137. The van der Waals surface area contributed by atoms with Gasteiger partial charge in [0, 0.05) is 0 Å². The van der Waals surface area contributed by atoms with Crippen LogP contribution in [0, 0.1) is 5.92 Å². The van der Waals surface area contributed by atoms with Crippen LogP contribution in [0.25, 0.3) is 0 Å². The Morgan fingerprint density at radius 2 is 1.50 bits per heavy atom. The standard InChI is InChI=1S/C25H17F5N2O4/c26-24(27)35-18-11-9-14(10-12-18)20-19-21(36-32(20)16-6-2-1-3-7-16)23(34)31(22(19)33)17-8-4-5-15(13-17)25(28,29)30/h1-13,19-21,24H/t19-,20-,21+/m0/s1. The third kappa shape index (κ3) is 4.15. The molecule has 3 aromatic carbocycles. The number of imide groups is 1. The second-order valence-electron chi connectivity index (χ2n) is 8.17. The molecule has 2 amide bonds. The highest BCUT2D eigenvalue weighted by molar-refractivity contribution is 6.24. The molecule has 0 unspecified atom stereocenters. The Labute approximate surface area is 201 Å². The van der Waals surface area contributed by atoms with Crippen LogP contribution in [0.4, 0.5) is 33.3 Å². The minimum atomic E-state index is -4.66. The van der Waals surface area contributed by atoms with Gasteiger partial charge in [0.05, 0.1) is 23.0 Å². The number of ether oxygens (including phenoxy) is 1. The van der Waals surface area contributed by atoms with Crippen LogP contribution in [0.3, 0.4) is 0 Å². The van der Waals surface area contributed by atoms with Crippen molar-refractivity contribution in [2.45, 2.75) is 24.9 Å². The SMILES string of the molecule is O=C1[C@@H]2[C@@H](ON(c3ccccc3)[C@H]2c2ccc(OC(F)F)cc2)C(=O)N1c1cccc(C(F)(F)F)c1. The Morgan fingerprint density at radius 3 is 2.14 bits per heavy atom. The van der Waals surface area contributed by atoms with Crippen molar-refractivity contribution in [2.24, 2.45) is 5.92 Å². The van der Waals surface area contributed by atoms with Gasteiger partial charge in [0.25, 0.3) is 5.91 Å². The van der Waals surface area contributed by atoms with Crippen molar-refractivity contribution in [1.29, 1.82) is 0 Å². The zero-order valence-corrected chi connectivity index (χ0v) is 18.2. The quantitative estimate of drug-likeness (QED) is 0.346. The van der Waals surface area contributed by atoms with Gasteiger partial charge in [0.1, 0.15) is 11.7 Å². The lowest BCUT2D eigenvalue weighted by Gasteiger charge is -2.29. The Kier molecular flexibility index (Phi) is 5.87. The first-order valence-electron chi connectivity index (χ1n) is 10.8. The minimum absolute atomic E-state index is 0.102. The molecule has 2 aliphatic heterocycles. The minimum Gasteiger partial charge on any atom is -0.435 e. The van der Waals surface area contributed by atoms with Gasteiger partial charge in [-0.2, -0.15) is 22.0 Å². The van der Waals surface area contributed by atoms with Gasteiger partial charge in [0.15, 0.2) is 6.10 Å². The van der Waals surface area contributed by atoms with Crippen LogP contribution in [0.1, 0.15) is 17.2 Å². The van der Waals surface area contributed by atoms with E-state index in [0.29, 0.717) is 16.2 Å². The fraction of sp³-hybridized carbons (Fsp3) is 0.200. The number of para-hydroxylation sites is 1. The molecule has 5 rings (SSSR count). The molecule has 2 fully saturated rings. The molecular weight excluding hydrogens is 487 g/mol. The summed E-state index contributed by atoms with van der Waals surface area (Å²) in [6, 6.07) is 17.2. The summed E-state index contributed by atoms with van der Waals surface area (Å²) in [5.41, 5.74) is -0.241. The van der Waals surface area contributed by atoms with E-state index in [1.165, 1.54) is 35.4 Å². The monoisotopic (exact) mass is 504 g/mol. The molecule has 0 aliphatic carbocycles. The molecule has 0 aromatic heterocycles. The van der Waals surface area contributed by atoms with E-state index in [-0.39, 0.29) is 11.4 Å². The van der Waals surface area contributed by atoms with Crippen LogP contribution in [0.15, 0.2) is 78.9 Å². The van der Waals surface area contributed by atoms with Gasteiger partial charge in [-0.25, -0.2) is 9.96 Å². The summed E-state index contributed by atoms with van der Waals surface area (Å²) in [6.45, 7) is -3.02. The zero-order chi connectivity index (χ0) is 25.6. The molecule has 2 heterocycles. The Morgan fingerprint density at radius 1 is 0.833 bits per heavy atom. The lowest BCUT2D eigenvalue weighted by atomic mass is 9.90. The molecule has 2 saturated heterocycles. The number of carbonyl (C=O) groups is 2. The van der Waals surface area contributed by atoms with Crippen LogP contribution in [-0.4, -0.2) is 24.5 Å². The number of benzene rings is 3. The van der Waals surface area contributed by atoms with Crippen molar-refractivity contribution >= 4 is 23.2 Å². The van der Waals surface area contributed by atoms with Crippen molar-refractivity contribution in [3.8, 4) is 5.75 Å². The molecular formula is C25H17F5N2O4. The molecule has 3 atom stereocenters. The maximum absolute atomic E-state index is 13.5. The predicted molar refractivity (Wildman–Crippen MR) is 117 cm³/mol. The molecule has 3 aromatic rings. The second kappa shape index (κ2) is 8.90. The number of rotatable bonds is 5. The normalized spacial score (nSPS) is 21.9. The van der Waals surface area contributed by atoms with Gasteiger partial charge in [-0.15, -0.1) is 0 Å².